The molecule has 0 saturated heterocycles. The topological polar surface area (TPSA) is 51.2 Å². The van der Waals surface area contributed by atoms with Crippen LogP contribution in [0.25, 0.3) is 10.9 Å². The molecule has 0 fully saturated rings. The van der Waals surface area contributed by atoms with Crippen LogP contribution in [0, 0.1) is 13.8 Å². The molecule has 0 aliphatic rings. The van der Waals surface area contributed by atoms with Crippen molar-refractivity contribution in [2.75, 3.05) is 12.4 Å². The number of nitrogens with one attached hydrogen (secondary N) is 1. The van der Waals surface area contributed by atoms with Crippen LogP contribution in [-0.2, 0) is 11.2 Å². The summed E-state index contributed by atoms with van der Waals surface area (Å²) in [6, 6.07) is 15.3. The zero-order valence-electron chi connectivity index (χ0n) is 14.1. The second-order valence-corrected chi connectivity index (χ2v) is 5.77. The molecule has 0 aliphatic carbocycles. The number of nitrogens with zero attached hydrogens (tertiary/aromatic N) is 1. The molecule has 3 rings (SSSR count). The summed E-state index contributed by atoms with van der Waals surface area (Å²) < 4.78 is 5.12. The number of hydrogen-bond acceptors (Lipinski definition) is 3. The van der Waals surface area contributed by atoms with Gasteiger partial charge in [-0.15, -0.1) is 0 Å². The minimum Gasteiger partial charge on any atom is -0.497 e. The van der Waals surface area contributed by atoms with Crippen molar-refractivity contribution in [3.63, 3.8) is 0 Å². The lowest BCUT2D eigenvalue weighted by molar-refractivity contribution is -0.115. The van der Waals surface area contributed by atoms with Gasteiger partial charge in [-0.1, -0.05) is 18.2 Å². The summed E-state index contributed by atoms with van der Waals surface area (Å²) in [5.74, 6) is 0.710. The first-order valence-corrected chi connectivity index (χ1v) is 7.87. The van der Waals surface area contributed by atoms with E-state index in [1.165, 1.54) is 0 Å². The lowest BCUT2D eigenvalue weighted by Gasteiger charge is -2.13. The fourth-order valence-corrected chi connectivity index (χ4v) is 2.87. The van der Waals surface area contributed by atoms with Crippen molar-refractivity contribution >= 4 is 22.5 Å². The van der Waals surface area contributed by atoms with Crippen LogP contribution in [-0.4, -0.2) is 18.0 Å². The number of aryl methyl sites for hydroxylation is 2. The van der Waals surface area contributed by atoms with Gasteiger partial charge < -0.3 is 10.1 Å². The van der Waals surface area contributed by atoms with E-state index in [4.69, 9.17) is 4.74 Å². The number of methoxy groups -OCH3 is 1. The molecular formula is C20H20N2O2. The van der Waals surface area contributed by atoms with E-state index in [0.29, 0.717) is 6.42 Å². The number of ether oxygens (including phenoxy) is 1. The van der Waals surface area contributed by atoms with E-state index in [2.05, 4.69) is 10.3 Å². The quantitative estimate of drug-likeness (QED) is 0.789. The van der Waals surface area contributed by atoms with Gasteiger partial charge in [0.25, 0.3) is 0 Å². The Kier molecular flexibility index (Phi) is 4.47. The molecule has 1 amide bonds. The van der Waals surface area contributed by atoms with Crippen molar-refractivity contribution in [2.45, 2.75) is 20.3 Å². The molecule has 0 spiro atoms. The lowest BCUT2D eigenvalue weighted by atomic mass is 9.99. The van der Waals surface area contributed by atoms with Crippen LogP contribution < -0.4 is 10.1 Å². The maximum absolute atomic E-state index is 12.4. The van der Waals surface area contributed by atoms with Gasteiger partial charge in [0.2, 0.25) is 5.91 Å². The molecule has 0 bridgehead atoms. The molecule has 4 nitrogen and oxygen atoms in total. The number of para-hydroxylation sites is 1. The fraction of sp³-hybridized carbons (Fsp3) is 0.200. The van der Waals surface area contributed by atoms with E-state index < -0.39 is 0 Å². The molecule has 24 heavy (non-hydrogen) atoms. The van der Waals surface area contributed by atoms with E-state index >= 15 is 0 Å². The molecule has 0 unspecified atom stereocenters. The number of carbonyl (C=O) groups is 1. The monoisotopic (exact) mass is 320 g/mol. The molecule has 0 saturated carbocycles. The number of benzene rings is 2. The molecule has 1 heterocycles. The SMILES string of the molecule is COc1ccc(NC(=O)Cc2c(C)nc3ccccc3c2C)cc1. The van der Waals surface area contributed by atoms with Gasteiger partial charge in [-0.05, 0) is 55.3 Å². The zero-order chi connectivity index (χ0) is 17.1. The van der Waals surface area contributed by atoms with Crippen molar-refractivity contribution in [3.05, 3.63) is 65.4 Å². The van der Waals surface area contributed by atoms with E-state index in [9.17, 15) is 4.79 Å². The van der Waals surface area contributed by atoms with Gasteiger partial charge in [0.05, 0.1) is 19.0 Å². The van der Waals surface area contributed by atoms with Crippen LogP contribution in [0.1, 0.15) is 16.8 Å². The average Bonchev–Trinajstić information content (AvgIpc) is 2.59. The minimum atomic E-state index is -0.0524. The number of rotatable bonds is 4. The average molecular weight is 320 g/mol. The maximum atomic E-state index is 12.4. The van der Waals surface area contributed by atoms with Gasteiger partial charge in [-0.25, -0.2) is 0 Å². The van der Waals surface area contributed by atoms with Crippen molar-refractivity contribution in [1.29, 1.82) is 0 Å². The highest BCUT2D eigenvalue weighted by atomic mass is 16.5. The highest BCUT2D eigenvalue weighted by molar-refractivity contribution is 5.94. The Hall–Kier alpha value is -2.88. The Balaban J connectivity index is 1.82. The van der Waals surface area contributed by atoms with Gasteiger partial charge in [0, 0.05) is 16.8 Å². The summed E-state index contributed by atoms with van der Waals surface area (Å²) in [4.78, 5) is 17.0. The van der Waals surface area contributed by atoms with Crippen LogP contribution in [0.2, 0.25) is 0 Å². The molecular weight excluding hydrogens is 300 g/mol. The van der Waals surface area contributed by atoms with Crippen LogP contribution in [0.15, 0.2) is 48.5 Å². The Morgan fingerprint density at radius 1 is 1.08 bits per heavy atom. The molecule has 122 valence electrons. The van der Waals surface area contributed by atoms with Gasteiger partial charge in [-0.2, -0.15) is 0 Å². The van der Waals surface area contributed by atoms with Crippen LogP contribution in [0.4, 0.5) is 5.69 Å². The molecule has 2 aromatic carbocycles. The third-order valence-electron chi connectivity index (χ3n) is 4.20. The molecule has 1 N–H and O–H groups in total. The normalized spacial score (nSPS) is 10.6. The summed E-state index contributed by atoms with van der Waals surface area (Å²) in [6.07, 6.45) is 0.307. The molecule has 0 aliphatic heterocycles. The molecule has 0 radical (unpaired) electrons. The van der Waals surface area contributed by atoms with Gasteiger partial charge >= 0.3 is 0 Å². The van der Waals surface area contributed by atoms with E-state index in [1.54, 1.807) is 7.11 Å². The third-order valence-corrected chi connectivity index (χ3v) is 4.20. The summed E-state index contributed by atoms with van der Waals surface area (Å²) in [5, 5.41) is 4.01. The Bertz CT molecular complexity index is 886. The fourth-order valence-electron chi connectivity index (χ4n) is 2.87. The Morgan fingerprint density at radius 2 is 1.79 bits per heavy atom. The van der Waals surface area contributed by atoms with Crippen molar-refractivity contribution < 1.29 is 9.53 Å². The van der Waals surface area contributed by atoms with Crippen LogP contribution >= 0.6 is 0 Å². The van der Waals surface area contributed by atoms with Gasteiger partial charge in [0.15, 0.2) is 0 Å². The first kappa shape index (κ1) is 16.0. The highest BCUT2D eigenvalue weighted by Crippen LogP contribution is 2.23. The highest BCUT2D eigenvalue weighted by Gasteiger charge is 2.13. The van der Waals surface area contributed by atoms with Crippen LogP contribution in [0.5, 0.6) is 5.75 Å². The largest absolute Gasteiger partial charge is 0.497 e. The first-order chi connectivity index (χ1) is 11.6. The van der Waals surface area contributed by atoms with Crippen molar-refractivity contribution in [3.8, 4) is 5.75 Å². The summed E-state index contributed by atoms with van der Waals surface area (Å²) >= 11 is 0. The summed E-state index contributed by atoms with van der Waals surface area (Å²) in [6.45, 7) is 4.00. The van der Waals surface area contributed by atoms with Gasteiger partial charge in [0.1, 0.15) is 5.75 Å². The number of aromatic nitrogens is 1. The van der Waals surface area contributed by atoms with Crippen molar-refractivity contribution in [2.24, 2.45) is 0 Å². The summed E-state index contributed by atoms with van der Waals surface area (Å²) in [7, 11) is 1.62. The van der Waals surface area contributed by atoms with Gasteiger partial charge in [-0.3, -0.25) is 9.78 Å². The molecule has 0 atom stereocenters. The number of amides is 1. The maximum Gasteiger partial charge on any atom is 0.228 e. The van der Waals surface area contributed by atoms with E-state index in [1.807, 2.05) is 62.4 Å². The predicted molar refractivity (Wildman–Crippen MR) is 96.5 cm³/mol. The lowest BCUT2D eigenvalue weighted by Crippen LogP contribution is -2.16. The Labute approximate surface area is 141 Å². The zero-order valence-corrected chi connectivity index (χ0v) is 14.1. The van der Waals surface area contributed by atoms with E-state index in [0.717, 1.165) is 39.2 Å². The third kappa shape index (κ3) is 3.23. The number of anilines is 1. The molecule has 4 heteroatoms. The second-order valence-electron chi connectivity index (χ2n) is 5.77. The first-order valence-electron chi connectivity index (χ1n) is 7.87. The molecule has 3 aromatic rings. The van der Waals surface area contributed by atoms with Crippen molar-refractivity contribution in [1.82, 2.24) is 4.98 Å². The predicted octanol–water partition coefficient (Wildman–Crippen LogP) is 4.04. The number of hydrogen-bond donors (Lipinski definition) is 1. The van der Waals surface area contributed by atoms with Crippen LogP contribution in [0.3, 0.4) is 0 Å². The number of fused-ring (bicyclic) bond motifs is 1. The minimum absolute atomic E-state index is 0.0524. The summed E-state index contributed by atoms with van der Waals surface area (Å²) in [5.41, 5.74) is 4.72. The van der Waals surface area contributed by atoms with E-state index in [-0.39, 0.29) is 5.91 Å². The number of carbonyl (C=O) groups excluding carboxylic acids is 1. The number of pyridine rings is 1. The smallest absolute Gasteiger partial charge is 0.228 e. The standard InChI is InChI=1S/C20H20N2O2/c1-13-17-6-4-5-7-19(17)21-14(2)18(13)12-20(23)22-15-8-10-16(24-3)11-9-15/h4-11H,12H2,1-3H3,(H,22,23). The Morgan fingerprint density at radius 3 is 2.50 bits per heavy atom. The molecule has 1 aromatic heterocycles. The second kappa shape index (κ2) is 6.71.